The molecule has 2 N–H and O–H groups in total. The van der Waals surface area contributed by atoms with E-state index in [1.807, 2.05) is 32.9 Å². The van der Waals surface area contributed by atoms with Crippen LogP contribution in [0.15, 0.2) is 42.5 Å². The molecule has 0 aromatic heterocycles. The molecule has 0 aliphatic rings. The Bertz CT molecular complexity index is 893. The number of anilines is 1. The van der Waals surface area contributed by atoms with Gasteiger partial charge in [-0.05, 0) is 62.6 Å². The Morgan fingerprint density at radius 1 is 0.933 bits per heavy atom. The molecule has 0 radical (unpaired) electrons. The van der Waals surface area contributed by atoms with Gasteiger partial charge in [0, 0.05) is 49.4 Å². The second kappa shape index (κ2) is 11.9. The lowest BCUT2D eigenvalue weighted by atomic mass is 10.0. The highest BCUT2D eigenvalue weighted by Gasteiger charge is 2.11. The van der Waals surface area contributed by atoms with Gasteiger partial charge < -0.3 is 15.4 Å². The van der Waals surface area contributed by atoms with Crippen molar-refractivity contribution < 1.29 is 19.1 Å². The summed E-state index contributed by atoms with van der Waals surface area (Å²) in [7, 11) is 0. The molecule has 0 atom stereocenters. The van der Waals surface area contributed by atoms with Gasteiger partial charge in [0.2, 0.25) is 5.91 Å². The molecule has 0 fully saturated rings. The first-order chi connectivity index (χ1) is 14.4. The van der Waals surface area contributed by atoms with Crippen molar-refractivity contribution in [1.29, 1.82) is 0 Å². The number of carbonyl (C=O) groups is 3. The smallest absolute Gasteiger partial charge is 0.251 e. The van der Waals surface area contributed by atoms with Crippen molar-refractivity contribution in [2.75, 3.05) is 25.1 Å². The maximum absolute atomic E-state index is 12.3. The normalized spacial score (nSPS) is 10.5. The van der Waals surface area contributed by atoms with Gasteiger partial charge in [-0.15, -0.1) is 0 Å². The summed E-state index contributed by atoms with van der Waals surface area (Å²) in [6.45, 7) is 7.67. The van der Waals surface area contributed by atoms with Crippen LogP contribution in [-0.2, 0) is 9.53 Å². The molecular weight excluding hydrogens is 380 g/mol. The van der Waals surface area contributed by atoms with Crippen LogP contribution in [0.5, 0.6) is 0 Å². The van der Waals surface area contributed by atoms with E-state index in [0.29, 0.717) is 36.6 Å². The average Bonchev–Trinajstić information content (AvgIpc) is 2.74. The summed E-state index contributed by atoms with van der Waals surface area (Å²) < 4.78 is 5.24. The van der Waals surface area contributed by atoms with Crippen LogP contribution in [0.3, 0.4) is 0 Å². The van der Waals surface area contributed by atoms with Crippen LogP contribution in [0.25, 0.3) is 0 Å². The lowest BCUT2D eigenvalue weighted by Crippen LogP contribution is -2.25. The molecule has 6 heteroatoms. The Labute approximate surface area is 178 Å². The fourth-order valence-electron chi connectivity index (χ4n) is 2.87. The number of aryl methyl sites for hydroxylation is 2. The Morgan fingerprint density at radius 3 is 2.47 bits per heavy atom. The number of carbonyl (C=O) groups excluding carboxylic acids is 3. The van der Waals surface area contributed by atoms with Gasteiger partial charge in [0.05, 0.1) is 0 Å². The monoisotopic (exact) mass is 410 g/mol. The van der Waals surface area contributed by atoms with Crippen LogP contribution in [0.1, 0.15) is 58.0 Å². The maximum Gasteiger partial charge on any atom is 0.251 e. The van der Waals surface area contributed by atoms with Crippen LogP contribution in [0.2, 0.25) is 0 Å². The summed E-state index contributed by atoms with van der Waals surface area (Å²) in [6, 6.07) is 12.3. The van der Waals surface area contributed by atoms with E-state index in [-0.39, 0.29) is 30.4 Å². The van der Waals surface area contributed by atoms with E-state index in [0.717, 1.165) is 17.5 Å². The van der Waals surface area contributed by atoms with Crippen molar-refractivity contribution in [3.63, 3.8) is 0 Å². The topological polar surface area (TPSA) is 84.5 Å². The summed E-state index contributed by atoms with van der Waals surface area (Å²) in [6.07, 6.45) is 0.957. The molecule has 30 heavy (non-hydrogen) atoms. The molecule has 160 valence electrons. The predicted molar refractivity (Wildman–Crippen MR) is 118 cm³/mol. The molecule has 2 aromatic carbocycles. The van der Waals surface area contributed by atoms with Crippen LogP contribution >= 0.6 is 0 Å². The van der Waals surface area contributed by atoms with Crippen molar-refractivity contribution in [2.24, 2.45) is 0 Å². The molecule has 0 spiro atoms. The first kappa shape index (κ1) is 23.3. The molecule has 0 aliphatic carbocycles. The van der Waals surface area contributed by atoms with E-state index in [1.165, 1.54) is 0 Å². The lowest BCUT2D eigenvalue weighted by molar-refractivity contribution is -0.116. The van der Waals surface area contributed by atoms with Gasteiger partial charge in [-0.25, -0.2) is 0 Å². The molecule has 6 nitrogen and oxygen atoms in total. The number of ketones is 1. The number of Topliss-reactive ketones (excluding diaryl/α,β-unsaturated/α-hetero) is 1. The van der Waals surface area contributed by atoms with Crippen molar-refractivity contribution in [3.05, 3.63) is 64.7 Å². The van der Waals surface area contributed by atoms with Gasteiger partial charge >= 0.3 is 0 Å². The summed E-state index contributed by atoms with van der Waals surface area (Å²) in [5.41, 5.74) is 3.80. The number of hydrogen-bond donors (Lipinski definition) is 2. The highest BCUT2D eigenvalue weighted by atomic mass is 16.5. The zero-order chi connectivity index (χ0) is 21.9. The molecule has 0 aliphatic heterocycles. The molecule has 0 unspecified atom stereocenters. The van der Waals surface area contributed by atoms with E-state index < -0.39 is 0 Å². The van der Waals surface area contributed by atoms with Gasteiger partial charge in [-0.2, -0.15) is 0 Å². The van der Waals surface area contributed by atoms with Crippen molar-refractivity contribution in [1.82, 2.24) is 5.32 Å². The van der Waals surface area contributed by atoms with Gasteiger partial charge in [0.25, 0.3) is 5.91 Å². The number of nitrogens with one attached hydrogen (secondary N) is 2. The third-order valence-corrected chi connectivity index (χ3v) is 4.77. The maximum atomic E-state index is 12.3. The SMILES string of the molecule is CCOCCCNC(=O)c1cccc(NC(=O)CCC(=O)c2ccc(C)c(C)c2)c1. The number of hydrogen-bond acceptors (Lipinski definition) is 4. The van der Waals surface area contributed by atoms with Gasteiger partial charge in [0.15, 0.2) is 5.78 Å². The molecule has 2 aromatic rings. The van der Waals surface area contributed by atoms with Crippen LogP contribution in [0, 0.1) is 13.8 Å². The zero-order valence-corrected chi connectivity index (χ0v) is 17.9. The lowest BCUT2D eigenvalue weighted by Gasteiger charge is -2.09. The Balaban J connectivity index is 1.83. The van der Waals surface area contributed by atoms with E-state index in [1.54, 1.807) is 30.3 Å². The Hall–Kier alpha value is -2.99. The van der Waals surface area contributed by atoms with Crippen LogP contribution in [0.4, 0.5) is 5.69 Å². The third-order valence-electron chi connectivity index (χ3n) is 4.77. The molecule has 0 bridgehead atoms. The van der Waals surface area contributed by atoms with Gasteiger partial charge in [0.1, 0.15) is 0 Å². The van der Waals surface area contributed by atoms with Crippen LogP contribution < -0.4 is 10.6 Å². The number of ether oxygens (including phenoxy) is 1. The van der Waals surface area contributed by atoms with E-state index in [2.05, 4.69) is 10.6 Å². The van der Waals surface area contributed by atoms with E-state index >= 15 is 0 Å². The average molecular weight is 411 g/mol. The standard InChI is InChI=1S/C24H30N2O4/c1-4-30-14-6-13-25-24(29)20-7-5-8-21(16-20)26-23(28)12-11-22(27)19-10-9-17(2)18(3)15-19/h5,7-10,15-16H,4,6,11-14H2,1-3H3,(H,25,29)(H,26,28). The summed E-state index contributed by atoms with van der Waals surface area (Å²) >= 11 is 0. The first-order valence-electron chi connectivity index (χ1n) is 10.3. The number of rotatable bonds is 11. The molecule has 0 saturated heterocycles. The fraction of sp³-hybridized carbons (Fsp3) is 0.375. The molecule has 0 heterocycles. The molecular formula is C24H30N2O4. The summed E-state index contributed by atoms with van der Waals surface area (Å²) in [5, 5.41) is 5.59. The van der Waals surface area contributed by atoms with Crippen molar-refractivity contribution in [2.45, 2.75) is 40.0 Å². The first-order valence-corrected chi connectivity index (χ1v) is 10.3. The van der Waals surface area contributed by atoms with E-state index in [4.69, 9.17) is 4.74 Å². The quantitative estimate of drug-likeness (QED) is 0.432. The highest BCUT2D eigenvalue weighted by molar-refractivity contribution is 6.01. The van der Waals surface area contributed by atoms with E-state index in [9.17, 15) is 14.4 Å². The molecule has 2 rings (SSSR count). The Kier molecular flexibility index (Phi) is 9.22. The zero-order valence-electron chi connectivity index (χ0n) is 17.9. The minimum Gasteiger partial charge on any atom is -0.382 e. The van der Waals surface area contributed by atoms with Crippen molar-refractivity contribution in [3.8, 4) is 0 Å². The second-order valence-corrected chi connectivity index (χ2v) is 7.16. The predicted octanol–water partition coefficient (Wildman–Crippen LogP) is 4.06. The minimum atomic E-state index is -0.263. The number of amides is 2. The summed E-state index contributed by atoms with van der Waals surface area (Å²) in [5.74, 6) is -0.526. The fourth-order valence-corrected chi connectivity index (χ4v) is 2.87. The third kappa shape index (κ3) is 7.44. The largest absolute Gasteiger partial charge is 0.382 e. The van der Waals surface area contributed by atoms with Gasteiger partial charge in [-0.3, -0.25) is 14.4 Å². The number of benzene rings is 2. The van der Waals surface area contributed by atoms with Crippen LogP contribution in [-0.4, -0.2) is 37.4 Å². The summed E-state index contributed by atoms with van der Waals surface area (Å²) in [4.78, 5) is 36.8. The molecule has 0 saturated carbocycles. The van der Waals surface area contributed by atoms with Crippen molar-refractivity contribution >= 4 is 23.3 Å². The second-order valence-electron chi connectivity index (χ2n) is 7.16. The highest BCUT2D eigenvalue weighted by Crippen LogP contribution is 2.14. The Morgan fingerprint density at radius 2 is 1.73 bits per heavy atom. The minimum absolute atomic E-state index is 0.0616. The van der Waals surface area contributed by atoms with Gasteiger partial charge in [-0.1, -0.05) is 18.2 Å². The molecule has 2 amide bonds.